The number of aliphatic imine (C=N–C) groups is 1. The van der Waals surface area contributed by atoms with E-state index in [2.05, 4.69) is 43.1 Å². The molecule has 1 aliphatic rings. The first kappa shape index (κ1) is 49.4. The summed E-state index contributed by atoms with van der Waals surface area (Å²) in [6.07, 6.45) is 55.1. The van der Waals surface area contributed by atoms with Crippen molar-refractivity contribution in [2.24, 2.45) is 4.99 Å². The Hall–Kier alpha value is -1.62. The van der Waals surface area contributed by atoms with Crippen LogP contribution in [0.3, 0.4) is 0 Å². The van der Waals surface area contributed by atoms with Crippen LogP contribution in [0.25, 0.3) is 0 Å². The highest BCUT2D eigenvalue weighted by atomic mass is 16.5. The lowest BCUT2D eigenvalue weighted by atomic mass is 10.0. The Morgan fingerprint density at radius 1 is 0.566 bits per heavy atom. The van der Waals surface area contributed by atoms with E-state index in [1.807, 2.05) is 0 Å². The molecular weight excluding hydrogens is 655 g/mol. The molecule has 5 heteroatoms. The second kappa shape index (κ2) is 38.6. The lowest BCUT2D eigenvalue weighted by Gasteiger charge is -2.20. The Bertz CT molecular complexity index is 883. The quantitative estimate of drug-likeness (QED) is 0.0385. The summed E-state index contributed by atoms with van der Waals surface area (Å²) in [5.74, 6) is 0.532. The van der Waals surface area contributed by atoms with E-state index in [0.29, 0.717) is 18.9 Å². The number of unbranched alkanes of at least 4 members (excludes halogenated alkanes) is 30. The molecule has 1 rings (SSSR count). The summed E-state index contributed by atoms with van der Waals surface area (Å²) in [6, 6.07) is 0. The molecule has 0 bridgehead atoms. The highest BCUT2D eigenvalue weighted by Gasteiger charge is 2.37. The molecule has 1 aliphatic heterocycles. The molecule has 0 aromatic carbocycles. The fraction of sp³-hybridized carbons (Fsp3) is 0.875. The van der Waals surface area contributed by atoms with Gasteiger partial charge in [-0.25, -0.2) is 4.99 Å². The van der Waals surface area contributed by atoms with Gasteiger partial charge in [-0.1, -0.05) is 192 Å². The third-order valence-corrected chi connectivity index (χ3v) is 11.0. The SMILES string of the molecule is CCCCCCCC/C=C/CCCCCCCCCCCC(=O)OCC1(CO)COC(CCCCCCCCCCC/C=C/CCCCCCCC)=N1. The number of hydrogen-bond donors (Lipinski definition) is 1. The molecule has 0 aliphatic carbocycles. The van der Waals surface area contributed by atoms with E-state index >= 15 is 0 Å². The number of aliphatic hydroxyl groups is 1. The molecular formula is C48H89NO4. The number of carbonyl (C=O) groups is 1. The van der Waals surface area contributed by atoms with Crippen molar-refractivity contribution in [1.82, 2.24) is 0 Å². The number of aliphatic hydroxyl groups excluding tert-OH is 1. The van der Waals surface area contributed by atoms with Gasteiger partial charge in [-0.05, 0) is 64.2 Å². The Morgan fingerprint density at radius 2 is 0.925 bits per heavy atom. The molecule has 0 saturated heterocycles. The second-order valence-electron chi connectivity index (χ2n) is 16.3. The average molecular weight is 744 g/mol. The zero-order chi connectivity index (χ0) is 38.2. The summed E-state index contributed by atoms with van der Waals surface area (Å²) in [5.41, 5.74) is -0.821. The fourth-order valence-corrected chi connectivity index (χ4v) is 7.26. The topological polar surface area (TPSA) is 68.1 Å². The van der Waals surface area contributed by atoms with Crippen LogP contribution in [-0.2, 0) is 14.3 Å². The number of ether oxygens (including phenoxy) is 2. The standard InChI is InChI=1S/C48H89NO4/c1-3-5-7-9-11-13-15-17-19-21-23-25-27-29-31-33-35-37-39-41-46-49-48(43-50,44-52-46)45-53-47(51)42-40-38-36-34-32-30-28-26-24-22-20-18-16-14-12-10-8-6-4-2/h17-20,50H,3-16,21-45H2,1-2H3/b19-17+,20-18+. The normalized spacial score (nSPS) is 15.9. The summed E-state index contributed by atoms with van der Waals surface area (Å²) >= 11 is 0. The molecule has 53 heavy (non-hydrogen) atoms. The van der Waals surface area contributed by atoms with Crippen LogP contribution in [0.15, 0.2) is 29.3 Å². The molecule has 1 unspecified atom stereocenters. The minimum Gasteiger partial charge on any atom is -0.478 e. The number of rotatable bonds is 41. The maximum atomic E-state index is 12.4. The maximum Gasteiger partial charge on any atom is 0.305 e. The Kier molecular flexibility index (Phi) is 36.0. The van der Waals surface area contributed by atoms with E-state index in [1.165, 1.54) is 199 Å². The highest BCUT2D eigenvalue weighted by molar-refractivity contribution is 5.78. The Labute approximate surface area is 330 Å². The van der Waals surface area contributed by atoms with Crippen LogP contribution in [0.4, 0.5) is 0 Å². The molecule has 0 amide bonds. The van der Waals surface area contributed by atoms with Gasteiger partial charge in [0.05, 0.1) is 6.61 Å². The summed E-state index contributed by atoms with van der Waals surface area (Å²) in [6.45, 7) is 4.81. The van der Waals surface area contributed by atoms with Crippen molar-refractivity contribution in [3.05, 3.63) is 24.3 Å². The molecule has 1 N–H and O–H groups in total. The zero-order valence-electron chi connectivity index (χ0n) is 35.5. The van der Waals surface area contributed by atoms with Crippen molar-refractivity contribution in [3.8, 4) is 0 Å². The molecule has 310 valence electrons. The molecule has 1 heterocycles. The van der Waals surface area contributed by atoms with Gasteiger partial charge in [0.1, 0.15) is 13.2 Å². The van der Waals surface area contributed by atoms with Gasteiger partial charge in [0.15, 0.2) is 11.4 Å². The van der Waals surface area contributed by atoms with Gasteiger partial charge in [-0.2, -0.15) is 0 Å². The molecule has 5 nitrogen and oxygen atoms in total. The molecule has 0 fully saturated rings. The number of esters is 1. The number of nitrogens with zero attached hydrogens (tertiary/aromatic N) is 1. The van der Waals surface area contributed by atoms with E-state index < -0.39 is 5.54 Å². The first-order valence-electron chi connectivity index (χ1n) is 23.4. The molecule has 0 aromatic rings. The Balaban J connectivity index is 1.92. The highest BCUT2D eigenvalue weighted by Crippen LogP contribution is 2.23. The smallest absolute Gasteiger partial charge is 0.305 e. The van der Waals surface area contributed by atoms with E-state index in [0.717, 1.165) is 25.7 Å². The lowest BCUT2D eigenvalue weighted by molar-refractivity contribution is -0.146. The van der Waals surface area contributed by atoms with Gasteiger partial charge >= 0.3 is 5.97 Å². The summed E-state index contributed by atoms with van der Waals surface area (Å²) in [5, 5.41) is 10.0. The largest absolute Gasteiger partial charge is 0.478 e. The van der Waals surface area contributed by atoms with Crippen molar-refractivity contribution >= 4 is 11.9 Å². The van der Waals surface area contributed by atoms with Gasteiger partial charge in [0.2, 0.25) is 0 Å². The van der Waals surface area contributed by atoms with Crippen molar-refractivity contribution < 1.29 is 19.4 Å². The first-order valence-corrected chi connectivity index (χ1v) is 23.4. The molecule has 0 radical (unpaired) electrons. The van der Waals surface area contributed by atoms with Crippen molar-refractivity contribution in [2.75, 3.05) is 19.8 Å². The number of carbonyl (C=O) groups excluding carboxylic acids is 1. The second-order valence-corrected chi connectivity index (χ2v) is 16.3. The van der Waals surface area contributed by atoms with Crippen LogP contribution >= 0.6 is 0 Å². The minimum atomic E-state index is -0.821. The van der Waals surface area contributed by atoms with E-state index in [9.17, 15) is 9.90 Å². The summed E-state index contributed by atoms with van der Waals surface area (Å²) in [4.78, 5) is 17.1. The van der Waals surface area contributed by atoms with Crippen LogP contribution in [0, 0.1) is 0 Å². The van der Waals surface area contributed by atoms with Crippen LogP contribution < -0.4 is 0 Å². The maximum absolute atomic E-state index is 12.4. The first-order chi connectivity index (χ1) is 26.2. The molecule has 0 saturated carbocycles. The van der Waals surface area contributed by atoms with Crippen molar-refractivity contribution in [1.29, 1.82) is 0 Å². The van der Waals surface area contributed by atoms with Crippen LogP contribution in [0.2, 0.25) is 0 Å². The van der Waals surface area contributed by atoms with Crippen LogP contribution in [-0.4, -0.2) is 42.3 Å². The van der Waals surface area contributed by atoms with Crippen LogP contribution in [0.1, 0.15) is 245 Å². The number of allylic oxidation sites excluding steroid dienone is 4. The molecule has 1 atom stereocenters. The van der Waals surface area contributed by atoms with E-state index in [-0.39, 0.29) is 19.2 Å². The van der Waals surface area contributed by atoms with Gasteiger partial charge in [-0.15, -0.1) is 0 Å². The van der Waals surface area contributed by atoms with Gasteiger partial charge in [0, 0.05) is 12.8 Å². The number of hydrogen-bond acceptors (Lipinski definition) is 5. The predicted molar refractivity (Wildman–Crippen MR) is 230 cm³/mol. The summed E-state index contributed by atoms with van der Waals surface area (Å²) in [7, 11) is 0. The third-order valence-electron chi connectivity index (χ3n) is 11.0. The third kappa shape index (κ3) is 32.3. The fourth-order valence-electron chi connectivity index (χ4n) is 7.26. The molecule has 0 aromatic heterocycles. The van der Waals surface area contributed by atoms with Gasteiger partial charge in [0.25, 0.3) is 0 Å². The monoisotopic (exact) mass is 744 g/mol. The average Bonchev–Trinajstić information content (AvgIpc) is 3.59. The van der Waals surface area contributed by atoms with Gasteiger partial charge in [-0.3, -0.25) is 4.79 Å². The van der Waals surface area contributed by atoms with Crippen molar-refractivity contribution in [2.45, 2.75) is 251 Å². The minimum absolute atomic E-state index is 0.107. The zero-order valence-corrected chi connectivity index (χ0v) is 35.5. The van der Waals surface area contributed by atoms with E-state index in [4.69, 9.17) is 9.47 Å². The van der Waals surface area contributed by atoms with Gasteiger partial charge < -0.3 is 14.6 Å². The predicted octanol–water partition coefficient (Wildman–Crippen LogP) is 14.9. The summed E-state index contributed by atoms with van der Waals surface area (Å²) < 4.78 is 11.4. The molecule has 0 spiro atoms. The Morgan fingerprint density at radius 3 is 1.32 bits per heavy atom. The van der Waals surface area contributed by atoms with Crippen LogP contribution in [0.5, 0.6) is 0 Å². The van der Waals surface area contributed by atoms with Crippen molar-refractivity contribution in [3.63, 3.8) is 0 Å². The van der Waals surface area contributed by atoms with E-state index in [1.54, 1.807) is 0 Å². The lowest BCUT2D eigenvalue weighted by Crippen LogP contribution is -2.39.